The number of likely N-dealkylation sites (tertiary alicyclic amines) is 1. The maximum atomic E-state index is 12.9. The van der Waals surface area contributed by atoms with Gasteiger partial charge in [0, 0.05) is 88.2 Å². The first-order valence-electron chi connectivity index (χ1n) is 22.7. The summed E-state index contributed by atoms with van der Waals surface area (Å²) < 4.78 is 13.7. The highest BCUT2D eigenvalue weighted by atomic mass is 35.5. The number of halogens is 2. The van der Waals surface area contributed by atoms with E-state index in [0.29, 0.717) is 31.6 Å². The number of piperidine rings is 2. The molecular weight excluding hydrogens is 882 g/mol. The fraction of sp³-hybridized carbons (Fsp3) is 0.551. The second-order valence-corrected chi connectivity index (χ2v) is 17.5. The average Bonchev–Trinajstić information content (AvgIpc) is 4.00. The molecule has 3 amide bonds. The van der Waals surface area contributed by atoms with Gasteiger partial charge >= 0.3 is 12.1 Å². The van der Waals surface area contributed by atoms with Crippen LogP contribution in [0.15, 0.2) is 61.4 Å². The SMILES string of the molecule is CC(=O)Cl.CCC(=O)N1CCC(N(C)C(=O)n2cnc(-c3ccc(OC)c(C)c3)c2)CC1.CCN(C(C)C)C(C)C.COc1ccc(-c2cn(C(=O)N(C)C3CCNCC3)cn2)cc1C.Cl. The molecule has 0 radical (unpaired) electrons. The van der Waals surface area contributed by atoms with Crippen molar-refractivity contribution in [2.75, 3.05) is 61.0 Å². The summed E-state index contributed by atoms with van der Waals surface area (Å²) in [5.74, 6) is 1.85. The minimum Gasteiger partial charge on any atom is -0.496 e. The molecule has 2 fully saturated rings. The normalized spacial score (nSPS) is 13.9. The molecule has 6 rings (SSSR count). The summed E-state index contributed by atoms with van der Waals surface area (Å²) >= 11 is 4.64. The van der Waals surface area contributed by atoms with Crippen LogP contribution in [0.3, 0.4) is 0 Å². The van der Waals surface area contributed by atoms with Gasteiger partial charge in [-0.3, -0.25) is 23.6 Å². The number of hydrogen-bond acceptors (Lipinski definition) is 10. The molecule has 4 aromatic rings. The average molecular weight is 957 g/mol. The molecule has 1 N–H and O–H groups in total. The van der Waals surface area contributed by atoms with Gasteiger partial charge in [-0.15, -0.1) is 12.4 Å². The molecule has 66 heavy (non-hydrogen) atoms. The summed E-state index contributed by atoms with van der Waals surface area (Å²) in [5, 5.41) is 2.96. The van der Waals surface area contributed by atoms with Gasteiger partial charge < -0.3 is 29.5 Å². The molecular formula is C49H75Cl2N9O6. The standard InChI is InChI=1S/C21H28N4O3.C18H24N4O2.C8H19N.C2H3ClO.ClH/c1-5-20(26)24-10-8-17(9-11-24)23(3)21(27)25-13-18(22-14-25)16-6-7-19(28-4)15(2)12-16;1-13-10-14(4-5-17(13)24-3)16-11-22(12-20-16)18(23)21(2)15-6-8-19-9-7-15;1-6-9(7(2)3)8(4)5;1-2(3)4;/h6-7,12-14,17H,5,8-11H2,1-4H3;4-5,10-12,15,19H,6-9H2,1-3H3;7-8H,6H2,1-5H3;1H3;1H. The van der Waals surface area contributed by atoms with Crippen LogP contribution < -0.4 is 14.8 Å². The van der Waals surface area contributed by atoms with E-state index < -0.39 is 0 Å². The van der Waals surface area contributed by atoms with Crippen molar-refractivity contribution in [1.29, 1.82) is 0 Å². The Bertz CT molecular complexity index is 2110. The van der Waals surface area contributed by atoms with Gasteiger partial charge in [0.25, 0.3) is 0 Å². The summed E-state index contributed by atoms with van der Waals surface area (Å²) in [4.78, 5) is 63.3. The zero-order valence-electron chi connectivity index (χ0n) is 41.5. The number of carbonyl (C=O) groups excluding carboxylic acids is 4. The summed E-state index contributed by atoms with van der Waals surface area (Å²) in [6.45, 7) is 22.8. The van der Waals surface area contributed by atoms with E-state index in [1.54, 1.807) is 48.7 Å². The van der Waals surface area contributed by atoms with Gasteiger partial charge in [-0.25, -0.2) is 19.6 Å². The van der Waals surface area contributed by atoms with Crippen LogP contribution in [0.2, 0.25) is 0 Å². The maximum Gasteiger partial charge on any atom is 0.329 e. The van der Waals surface area contributed by atoms with E-state index in [2.05, 4.69) is 66.4 Å². The van der Waals surface area contributed by atoms with E-state index in [0.717, 1.165) is 90.5 Å². The molecule has 2 aromatic carbocycles. The molecule has 0 atom stereocenters. The number of methoxy groups -OCH3 is 2. The highest BCUT2D eigenvalue weighted by molar-refractivity contribution is 6.62. The second-order valence-electron chi connectivity index (χ2n) is 16.9. The molecule has 2 saturated heterocycles. The van der Waals surface area contributed by atoms with Gasteiger partial charge in [0.15, 0.2) is 0 Å². The Morgan fingerprint density at radius 3 is 1.45 bits per heavy atom. The van der Waals surface area contributed by atoms with Gasteiger partial charge in [-0.05, 0) is 146 Å². The number of amides is 3. The third kappa shape index (κ3) is 16.7. The minimum atomic E-state index is -0.361. The maximum absolute atomic E-state index is 12.9. The van der Waals surface area contributed by atoms with Crippen LogP contribution in [-0.2, 0) is 9.59 Å². The fourth-order valence-corrected chi connectivity index (χ4v) is 8.15. The summed E-state index contributed by atoms with van der Waals surface area (Å²) in [6.07, 6.45) is 10.8. The van der Waals surface area contributed by atoms with Crippen LogP contribution in [0.5, 0.6) is 11.5 Å². The number of benzene rings is 2. The van der Waals surface area contributed by atoms with E-state index in [4.69, 9.17) is 9.47 Å². The number of rotatable bonds is 10. The highest BCUT2D eigenvalue weighted by Crippen LogP contribution is 2.27. The van der Waals surface area contributed by atoms with Crippen LogP contribution >= 0.6 is 24.0 Å². The molecule has 0 bridgehead atoms. The Balaban J connectivity index is 0.000000357. The quantitative estimate of drug-likeness (QED) is 0.153. The van der Waals surface area contributed by atoms with Crippen molar-refractivity contribution in [2.24, 2.45) is 0 Å². The predicted octanol–water partition coefficient (Wildman–Crippen LogP) is 9.01. The number of imidazole rings is 2. The highest BCUT2D eigenvalue weighted by Gasteiger charge is 2.28. The number of ether oxygens (including phenoxy) is 2. The smallest absolute Gasteiger partial charge is 0.329 e. The van der Waals surface area contributed by atoms with Crippen molar-refractivity contribution in [1.82, 2.24) is 44.0 Å². The third-order valence-electron chi connectivity index (χ3n) is 11.8. The molecule has 366 valence electrons. The van der Waals surface area contributed by atoms with Gasteiger partial charge in [0.05, 0.1) is 25.6 Å². The van der Waals surface area contributed by atoms with Crippen molar-refractivity contribution in [3.8, 4) is 34.0 Å². The van der Waals surface area contributed by atoms with Crippen LogP contribution in [-0.4, -0.2) is 147 Å². The Morgan fingerprint density at radius 1 is 0.742 bits per heavy atom. The summed E-state index contributed by atoms with van der Waals surface area (Å²) in [7, 11) is 7.00. The van der Waals surface area contributed by atoms with Crippen molar-refractivity contribution in [3.05, 3.63) is 72.6 Å². The molecule has 15 nitrogen and oxygen atoms in total. The molecule has 2 aliphatic heterocycles. The zero-order valence-corrected chi connectivity index (χ0v) is 43.0. The van der Waals surface area contributed by atoms with Gasteiger partial charge in [0.2, 0.25) is 11.1 Å². The Hall–Kier alpha value is -4.96. The number of nitrogens with zero attached hydrogens (tertiary/aromatic N) is 8. The Labute approximate surface area is 404 Å². The third-order valence-corrected chi connectivity index (χ3v) is 11.8. The van der Waals surface area contributed by atoms with E-state index in [1.165, 1.54) is 11.5 Å². The molecule has 4 heterocycles. The molecule has 2 aliphatic rings. The number of carbonyl (C=O) groups is 4. The lowest BCUT2D eigenvalue weighted by molar-refractivity contribution is -0.132. The molecule has 0 unspecified atom stereocenters. The Morgan fingerprint density at radius 2 is 1.14 bits per heavy atom. The molecule has 0 spiro atoms. The van der Waals surface area contributed by atoms with Crippen LogP contribution in [0.25, 0.3) is 22.5 Å². The lowest BCUT2D eigenvalue weighted by Crippen LogP contribution is -2.48. The van der Waals surface area contributed by atoms with E-state index in [-0.39, 0.29) is 47.7 Å². The zero-order chi connectivity index (χ0) is 48.4. The van der Waals surface area contributed by atoms with Crippen molar-refractivity contribution < 1.29 is 28.7 Å². The largest absolute Gasteiger partial charge is 0.496 e. The lowest BCUT2D eigenvalue weighted by Gasteiger charge is -2.36. The summed E-state index contributed by atoms with van der Waals surface area (Å²) in [6, 6.07) is 13.4. The number of aryl methyl sites for hydroxylation is 2. The first-order valence-corrected chi connectivity index (χ1v) is 23.1. The van der Waals surface area contributed by atoms with E-state index >= 15 is 0 Å². The topological polar surface area (TPSA) is 147 Å². The predicted molar refractivity (Wildman–Crippen MR) is 267 cm³/mol. The first kappa shape index (κ1) is 57.2. The van der Waals surface area contributed by atoms with Gasteiger partial charge in [-0.1, -0.05) is 13.8 Å². The van der Waals surface area contributed by atoms with Crippen LogP contribution in [0.4, 0.5) is 9.59 Å². The van der Waals surface area contributed by atoms with Crippen molar-refractivity contribution >= 4 is 47.2 Å². The van der Waals surface area contributed by atoms with Gasteiger partial charge in [0.1, 0.15) is 24.2 Å². The minimum absolute atomic E-state index is 0. The lowest BCUT2D eigenvalue weighted by atomic mass is 10.0. The van der Waals surface area contributed by atoms with Gasteiger partial charge in [-0.2, -0.15) is 0 Å². The number of hydrogen-bond donors (Lipinski definition) is 1. The molecule has 0 saturated carbocycles. The Kier molecular flexibility index (Phi) is 24.5. The molecule has 2 aromatic heterocycles. The van der Waals surface area contributed by atoms with Crippen LogP contribution in [0, 0.1) is 13.8 Å². The molecule has 17 heteroatoms. The van der Waals surface area contributed by atoms with Crippen molar-refractivity contribution in [2.45, 2.75) is 119 Å². The monoisotopic (exact) mass is 956 g/mol. The second kappa shape index (κ2) is 28.3. The van der Waals surface area contributed by atoms with Crippen LogP contribution in [0.1, 0.15) is 91.7 Å². The van der Waals surface area contributed by atoms with E-state index in [1.807, 2.05) is 81.1 Å². The first-order chi connectivity index (χ1) is 30.9. The number of nitrogens with one attached hydrogen (secondary N) is 1. The van der Waals surface area contributed by atoms with E-state index in [9.17, 15) is 19.2 Å². The molecule has 0 aliphatic carbocycles. The fourth-order valence-electron chi connectivity index (χ4n) is 8.15. The summed E-state index contributed by atoms with van der Waals surface area (Å²) in [5.41, 5.74) is 5.51. The number of aromatic nitrogens is 4. The van der Waals surface area contributed by atoms with Crippen molar-refractivity contribution in [3.63, 3.8) is 0 Å².